The quantitative estimate of drug-likeness (QED) is 0.351. The molecule has 0 radical (unpaired) electrons. The van der Waals surface area contributed by atoms with Gasteiger partial charge < -0.3 is 20.1 Å². The van der Waals surface area contributed by atoms with Gasteiger partial charge in [0.2, 0.25) is 5.91 Å². The van der Waals surface area contributed by atoms with Crippen LogP contribution in [0.25, 0.3) is 5.69 Å². The Kier molecular flexibility index (Phi) is 6.52. The van der Waals surface area contributed by atoms with Crippen LogP contribution in [-0.2, 0) is 4.79 Å². The van der Waals surface area contributed by atoms with Gasteiger partial charge in [-0.05, 0) is 79.3 Å². The number of benzene rings is 1. The van der Waals surface area contributed by atoms with Gasteiger partial charge in [0.1, 0.15) is 6.04 Å². The molecule has 4 heterocycles. The smallest absolute Gasteiger partial charge is 0.226 e. The second-order valence-electron chi connectivity index (χ2n) is 9.15. The Morgan fingerprint density at radius 2 is 1.83 bits per heavy atom. The number of nitrogens with one attached hydrogen (secondary N) is 2. The molecular formula is C28H28N6OS. The topological polar surface area (TPSA) is 75.1 Å². The molecule has 0 saturated carbocycles. The molecule has 1 amide bonds. The van der Waals surface area contributed by atoms with E-state index in [4.69, 9.17) is 12.2 Å². The van der Waals surface area contributed by atoms with Gasteiger partial charge in [-0.1, -0.05) is 19.9 Å². The highest BCUT2D eigenvalue weighted by Crippen LogP contribution is 2.42. The fourth-order valence-corrected chi connectivity index (χ4v) is 4.87. The molecule has 1 saturated heterocycles. The summed E-state index contributed by atoms with van der Waals surface area (Å²) in [6.45, 7) is 5.76. The van der Waals surface area contributed by atoms with Crippen molar-refractivity contribution < 1.29 is 4.79 Å². The summed E-state index contributed by atoms with van der Waals surface area (Å²) < 4.78 is 2.16. The van der Waals surface area contributed by atoms with Crippen LogP contribution in [-0.4, -0.2) is 25.6 Å². The molecule has 7 nitrogen and oxygen atoms in total. The molecular weight excluding hydrogens is 468 g/mol. The number of carbonyl (C=O) groups excluding carboxylic acids is 1. The van der Waals surface area contributed by atoms with Crippen molar-refractivity contribution in [3.63, 3.8) is 0 Å². The molecule has 5 rings (SSSR count). The average molecular weight is 497 g/mol. The molecule has 3 aromatic heterocycles. The van der Waals surface area contributed by atoms with E-state index < -0.39 is 0 Å². The van der Waals surface area contributed by atoms with Crippen LogP contribution in [0.4, 0.5) is 11.4 Å². The molecule has 2 N–H and O–H groups in total. The normalized spacial score (nSPS) is 17.3. The number of nitrogens with zero attached hydrogens (tertiary/aromatic N) is 4. The van der Waals surface area contributed by atoms with E-state index in [0.717, 1.165) is 34.0 Å². The number of pyridine rings is 2. The Bertz CT molecular complexity index is 1390. The van der Waals surface area contributed by atoms with E-state index in [0.29, 0.717) is 5.11 Å². The van der Waals surface area contributed by atoms with Crippen LogP contribution in [0.1, 0.15) is 42.9 Å². The zero-order valence-electron chi connectivity index (χ0n) is 20.4. The van der Waals surface area contributed by atoms with Crippen LogP contribution in [0.15, 0.2) is 85.5 Å². The number of rotatable bonds is 6. The zero-order valence-corrected chi connectivity index (χ0v) is 21.2. The largest absolute Gasteiger partial charge is 0.351 e. The first-order valence-corrected chi connectivity index (χ1v) is 12.3. The Labute approximate surface area is 216 Å². The van der Waals surface area contributed by atoms with E-state index in [1.165, 1.54) is 0 Å². The van der Waals surface area contributed by atoms with Gasteiger partial charge >= 0.3 is 0 Å². The maximum atomic E-state index is 12.3. The van der Waals surface area contributed by atoms with Gasteiger partial charge in [-0.3, -0.25) is 14.8 Å². The first-order valence-electron chi connectivity index (χ1n) is 11.9. The summed E-state index contributed by atoms with van der Waals surface area (Å²) in [6, 6.07) is 19.8. The summed E-state index contributed by atoms with van der Waals surface area (Å²) in [5.74, 6) is -0.101. The minimum atomic E-state index is -0.161. The minimum absolute atomic E-state index is 0.00696. The van der Waals surface area contributed by atoms with Gasteiger partial charge in [-0.15, -0.1) is 0 Å². The van der Waals surface area contributed by atoms with E-state index in [9.17, 15) is 4.79 Å². The maximum absolute atomic E-state index is 12.3. The van der Waals surface area contributed by atoms with Crippen LogP contribution >= 0.6 is 12.2 Å². The van der Waals surface area contributed by atoms with Crippen LogP contribution in [0.5, 0.6) is 0 Å². The highest BCUT2D eigenvalue weighted by atomic mass is 32.1. The average Bonchev–Trinajstić information content (AvgIpc) is 3.50. The lowest BCUT2D eigenvalue weighted by Crippen LogP contribution is -2.30. The molecule has 0 bridgehead atoms. The Morgan fingerprint density at radius 3 is 2.53 bits per heavy atom. The number of thiocarbonyl (C=S) groups is 1. The molecule has 36 heavy (non-hydrogen) atoms. The molecule has 1 aliphatic heterocycles. The Hall–Kier alpha value is -4.04. The third-order valence-electron chi connectivity index (χ3n) is 6.39. The Morgan fingerprint density at radius 1 is 1.03 bits per heavy atom. The summed E-state index contributed by atoms with van der Waals surface area (Å²) in [4.78, 5) is 23.2. The summed E-state index contributed by atoms with van der Waals surface area (Å²) in [5, 5.41) is 7.15. The number of hydrogen-bond acceptors (Lipinski definition) is 4. The fraction of sp³-hybridized carbons (Fsp3) is 0.214. The molecule has 1 fully saturated rings. The van der Waals surface area contributed by atoms with Crippen LogP contribution in [0.3, 0.4) is 0 Å². The Balaban J connectivity index is 1.59. The predicted molar refractivity (Wildman–Crippen MR) is 146 cm³/mol. The molecule has 4 aromatic rings. The maximum Gasteiger partial charge on any atom is 0.226 e. The summed E-state index contributed by atoms with van der Waals surface area (Å²) >= 11 is 5.89. The lowest BCUT2D eigenvalue weighted by Gasteiger charge is -2.29. The van der Waals surface area contributed by atoms with Gasteiger partial charge in [0, 0.05) is 53.5 Å². The van der Waals surface area contributed by atoms with Crippen molar-refractivity contribution in [1.82, 2.24) is 19.9 Å². The molecule has 8 heteroatoms. The van der Waals surface area contributed by atoms with Crippen LogP contribution in [0.2, 0.25) is 0 Å². The fourth-order valence-electron chi connectivity index (χ4n) is 4.52. The first-order chi connectivity index (χ1) is 17.4. The highest BCUT2D eigenvalue weighted by Gasteiger charge is 2.42. The molecule has 1 aromatic carbocycles. The molecule has 0 aliphatic carbocycles. The van der Waals surface area contributed by atoms with Crippen molar-refractivity contribution in [3.8, 4) is 5.69 Å². The van der Waals surface area contributed by atoms with Gasteiger partial charge in [0.25, 0.3) is 0 Å². The minimum Gasteiger partial charge on any atom is -0.351 e. The summed E-state index contributed by atoms with van der Waals surface area (Å²) in [7, 11) is 0. The van der Waals surface area contributed by atoms with Crippen molar-refractivity contribution in [2.75, 3.05) is 10.2 Å². The van der Waals surface area contributed by atoms with Gasteiger partial charge in [0.15, 0.2) is 5.11 Å². The van der Waals surface area contributed by atoms with E-state index >= 15 is 0 Å². The SMILES string of the molecule is Cc1cc(N2C(=S)N[C@@H](c3ccccn3)[C@@H]2c2cccn2-c2ccncc2)ccc1NC(=O)C(C)C. The molecule has 1 aliphatic rings. The molecule has 2 atom stereocenters. The third kappa shape index (κ3) is 4.47. The van der Waals surface area contributed by atoms with E-state index in [2.05, 4.69) is 48.4 Å². The lowest BCUT2D eigenvalue weighted by atomic mass is 10.00. The highest BCUT2D eigenvalue weighted by molar-refractivity contribution is 7.80. The van der Waals surface area contributed by atoms with Crippen LogP contribution < -0.4 is 15.5 Å². The van der Waals surface area contributed by atoms with Crippen molar-refractivity contribution in [2.24, 2.45) is 5.92 Å². The van der Waals surface area contributed by atoms with Crippen molar-refractivity contribution in [1.29, 1.82) is 0 Å². The van der Waals surface area contributed by atoms with Crippen molar-refractivity contribution >= 4 is 34.6 Å². The third-order valence-corrected chi connectivity index (χ3v) is 6.71. The van der Waals surface area contributed by atoms with Gasteiger partial charge in [-0.2, -0.15) is 0 Å². The number of hydrogen-bond donors (Lipinski definition) is 2. The van der Waals surface area contributed by atoms with E-state index in [1.54, 1.807) is 18.6 Å². The summed E-state index contributed by atoms with van der Waals surface area (Å²) in [6.07, 6.45) is 7.43. The number of aromatic nitrogens is 3. The number of aryl methyl sites for hydroxylation is 1. The monoisotopic (exact) mass is 496 g/mol. The lowest BCUT2D eigenvalue weighted by molar-refractivity contribution is -0.118. The van der Waals surface area contributed by atoms with Crippen molar-refractivity contribution in [3.05, 3.63) is 102 Å². The number of amides is 1. The second-order valence-corrected chi connectivity index (χ2v) is 9.53. The predicted octanol–water partition coefficient (Wildman–Crippen LogP) is 5.35. The van der Waals surface area contributed by atoms with E-state index in [1.807, 2.05) is 69.3 Å². The van der Waals surface area contributed by atoms with Gasteiger partial charge in [0.05, 0.1) is 11.7 Å². The molecule has 0 spiro atoms. The second kappa shape index (κ2) is 9.91. The molecule has 182 valence electrons. The molecule has 0 unspecified atom stereocenters. The number of carbonyl (C=O) groups is 1. The first kappa shape index (κ1) is 23.7. The zero-order chi connectivity index (χ0) is 25.2. The standard InChI is InChI=1S/C28H28N6OS/c1-18(2)27(35)31-22-10-9-21(17-19(22)3)34-26(25(32-28(34)36)23-7-4-5-13-30-23)24-8-6-16-33(24)20-11-14-29-15-12-20/h4-18,25-26H,1-3H3,(H,31,35)(H,32,36)/t25-,26-/m0/s1. The van der Waals surface area contributed by atoms with E-state index in [-0.39, 0.29) is 23.9 Å². The van der Waals surface area contributed by atoms with Crippen LogP contribution in [0, 0.1) is 12.8 Å². The van der Waals surface area contributed by atoms with Crippen molar-refractivity contribution in [2.45, 2.75) is 32.9 Å². The number of anilines is 2. The van der Waals surface area contributed by atoms with Gasteiger partial charge in [-0.25, -0.2) is 0 Å². The summed E-state index contributed by atoms with van der Waals surface area (Å²) in [5.41, 5.74) is 5.71.